The lowest BCUT2D eigenvalue weighted by atomic mass is 9.63. The zero-order valence-electron chi connectivity index (χ0n) is 19.0. The molecule has 1 aliphatic heterocycles. The molecule has 1 heterocycles. The Labute approximate surface area is 173 Å². The van der Waals surface area contributed by atoms with Gasteiger partial charge < -0.3 is 14.5 Å². The van der Waals surface area contributed by atoms with Crippen molar-refractivity contribution in [1.82, 2.24) is 9.80 Å². The van der Waals surface area contributed by atoms with E-state index >= 15 is 0 Å². The molecule has 3 fully saturated rings. The fraction of sp³-hybridized carbons (Fsp3) is 0.958. The molecule has 3 aliphatic rings. The molecular weight excluding hydrogens is 348 g/mol. The molecule has 0 N–H and O–H groups in total. The van der Waals surface area contributed by atoms with Gasteiger partial charge in [0.05, 0.1) is 0 Å². The largest absolute Gasteiger partial charge is 0.444 e. The van der Waals surface area contributed by atoms with Crippen LogP contribution in [0, 0.1) is 11.3 Å². The van der Waals surface area contributed by atoms with E-state index < -0.39 is 5.60 Å². The topological polar surface area (TPSA) is 32.8 Å². The summed E-state index contributed by atoms with van der Waals surface area (Å²) in [7, 11) is 2.38. The number of carbonyl (C=O) groups excluding carboxylic acids is 1. The highest BCUT2D eigenvalue weighted by Crippen LogP contribution is 2.47. The first-order valence-electron chi connectivity index (χ1n) is 12.0. The van der Waals surface area contributed by atoms with Crippen LogP contribution in [0.2, 0.25) is 0 Å². The number of likely N-dealkylation sites (tertiary alicyclic amines) is 1. The number of piperidine rings is 1. The van der Waals surface area contributed by atoms with Crippen molar-refractivity contribution < 1.29 is 9.53 Å². The van der Waals surface area contributed by atoms with Crippen molar-refractivity contribution in [2.45, 2.75) is 109 Å². The number of nitrogens with zero attached hydrogens (tertiary/aromatic N) is 2. The average molecular weight is 393 g/mol. The third kappa shape index (κ3) is 5.64. The molecule has 0 aromatic heterocycles. The lowest BCUT2D eigenvalue weighted by Crippen LogP contribution is -2.53. The fourth-order valence-electron chi connectivity index (χ4n) is 6.02. The van der Waals surface area contributed by atoms with Gasteiger partial charge >= 0.3 is 6.09 Å². The van der Waals surface area contributed by atoms with Crippen LogP contribution in [0.1, 0.15) is 97.8 Å². The molecule has 0 aromatic carbocycles. The van der Waals surface area contributed by atoms with Gasteiger partial charge in [-0.3, -0.25) is 0 Å². The van der Waals surface area contributed by atoms with Crippen LogP contribution in [0.25, 0.3) is 0 Å². The minimum absolute atomic E-state index is 0.120. The van der Waals surface area contributed by atoms with Crippen molar-refractivity contribution in [3.8, 4) is 0 Å². The highest BCUT2D eigenvalue weighted by atomic mass is 16.6. The van der Waals surface area contributed by atoms with Crippen LogP contribution in [0.3, 0.4) is 0 Å². The van der Waals surface area contributed by atoms with Gasteiger partial charge in [0.15, 0.2) is 0 Å². The van der Waals surface area contributed by atoms with Crippen LogP contribution >= 0.6 is 0 Å². The van der Waals surface area contributed by atoms with Crippen molar-refractivity contribution in [2.75, 3.05) is 26.7 Å². The molecule has 4 heteroatoms. The summed E-state index contributed by atoms with van der Waals surface area (Å²) < 4.78 is 5.64. The maximum atomic E-state index is 12.6. The van der Waals surface area contributed by atoms with Crippen molar-refractivity contribution >= 4 is 6.09 Å². The Morgan fingerprint density at radius 3 is 2.04 bits per heavy atom. The fourth-order valence-corrected chi connectivity index (χ4v) is 6.02. The van der Waals surface area contributed by atoms with Crippen molar-refractivity contribution in [2.24, 2.45) is 11.3 Å². The second-order valence-corrected chi connectivity index (χ2v) is 10.9. The van der Waals surface area contributed by atoms with Crippen LogP contribution in [-0.2, 0) is 4.74 Å². The molecule has 0 spiro atoms. The summed E-state index contributed by atoms with van der Waals surface area (Å²) in [5.74, 6) is 0.841. The first-order chi connectivity index (χ1) is 13.3. The second kappa shape index (κ2) is 9.36. The van der Waals surface area contributed by atoms with E-state index in [1.165, 1.54) is 70.8 Å². The van der Waals surface area contributed by atoms with Gasteiger partial charge in [-0.25, -0.2) is 4.79 Å². The number of amides is 1. The van der Waals surface area contributed by atoms with E-state index in [1.54, 1.807) is 0 Å². The van der Waals surface area contributed by atoms with Gasteiger partial charge in [0.25, 0.3) is 0 Å². The predicted octanol–water partition coefficient (Wildman–Crippen LogP) is 5.85. The van der Waals surface area contributed by atoms with Gasteiger partial charge in [0, 0.05) is 25.7 Å². The smallest absolute Gasteiger partial charge is 0.410 e. The normalized spacial score (nSPS) is 25.1. The zero-order chi connectivity index (χ0) is 20.2. The quantitative estimate of drug-likeness (QED) is 0.602. The van der Waals surface area contributed by atoms with Gasteiger partial charge in [0.1, 0.15) is 5.60 Å². The number of hydrogen-bond acceptors (Lipinski definition) is 3. The molecule has 4 nitrogen and oxygen atoms in total. The van der Waals surface area contributed by atoms with Crippen LogP contribution in [-0.4, -0.2) is 54.2 Å². The third-order valence-electron chi connectivity index (χ3n) is 7.64. The standard InChI is InChI=1S/C24H44N2O2/c1-23(2,3)28-22(27)26-17-15-24(16-18-26,20-11-7-5-8-12-20)19-25(4)21-13-9-6-10-14-21/h20-21H,5-19H2,1-4H3. The molecule has 0 unspecified atom stereocenters. The molecule has 1 saturated heterocycles. The Kier molecular flexibility index (Phi) is 7.33. The molecule has 0 atom stereocenters. The molecule has 0 bridgehead atoms. The molecule has 0 radical (unpaired) electrons. The Bertz CT molecular complexity index is 493. The summed E-state index contributed by atoms with van der Waals surface area (Å²) in [5.41, 5.74) is -0.0126. The molecule has 0 aromatic rings. The predicted molar refractivity (Wildman–Crippen MR) is 116 cm³/mol. The van der Waals surface area contributed by atoms with Crippen molar-refractivity contribution in [3.05, 3.63) is 0 Å². The summed E-state index contributed by atoms with van der Waals surface area (Å²) in [6.07, 6.45) is 16.1. The minimum atomic E-state index is -0.407. The van der Waals surface area contributed by atoms with Crippen LogP contribution < -0.4 is 0 Å². The van der Waals surface area contributed by atoms with E-state index in [9.17, 15) is 4.79 Å². The molecule has 3 rings (SSSR count). The van der Waals surface area contributed by atoms with Gasteiger partial charge in [-0.15, -0.1) is 0 Å². The molecular formula is C24H44N2O2. The van der Waals surface area contributed by atoms with Gasteiger partial charge in [0.2, 0.25) is 0 Å². The number of hydrogen-bond donors (Lipinski definition) is 0. The Hall–Kier alpha value is -0.770. The van der Waals surface area contributed by atoms with Crippen LogP contribution in [0.4, 0.5) is 4.79 Å². The third-order valence-corrected chi connectivity index (χ3v) is 7.64. The second-order valence-electron chi connectivity index (χ2n) is 10.9. The van der Waals surface area contributed by atoms with Crippen molar-refractivity contribution in [1.29, 1.82) is 0 Å². The minimum Gasteiger partial charge on any atom is -0.444 e. The maximum Gasteiger partial charge on any atom is 0.410 e. The Balaban J connectivity index is 1.65. The lowest BCUT2D eigenvalue weighted by molar-refractivity contribution is -0.0235. The highest BCUT2D eigenvalue weighted by molar-refractivity contribution is 5.68. The van der Waals surface area contributed by atoms with Crippen LogP contribution in [0.5, 0.6) is 0 Å². The van der Waals surface area contributed by atoms with E-state index in [1.807, 2.05) is 25.7 Å². The Morgan fingerprint density at radius 1 is 0.964 bits per heavy atom. The van der Waals surface area contributed by atoms with E-state index in [-0.39, 0.29) is 6.09 Å². The SMILES string of the molecule is CN(CC1(C2CCCCC2)CCN(C(=O)OC(C)(C)C)CC1)C1CCCCC1. The summed E-state index contributed by atoms with van der Waals surface area (Å²) in [6, 6.07) is 0.776. The van der Waals surface area contributed by atoms with Gasteiger partial charge in [-0.1, -0.05) is 38.5 Å². The summed E-state index contributed by atoms with van der Waals surface area (Å²) in [6.45, 7) is 8.83. The lowest BCUT2D eigenvalue weighted by Gasteiger charge is -2.50. The van der Waals surface area contributed by atoms with Crippen molar-refractivity contribution in [3.63, 3.8) is 0 Å². The van der Waals surface area contributed by atoms with E-state index in [4.69, 9.17) is 4.74 Å². The molecule has 2 aliphatic carbocycles. The van der Waals surface area contributed by atoms with E-state index in [0.29, 0.717) is 5.41 Å². The van der Waals surface area contributed by atoms with Gasteiger partial charge in [-0.2, -0.15) is 0 Å². The molecule has 2 saturated carbocycles. The van der Waals surface area contributed by atoms with E-state index in [2.05, 4.69) is 11.9 Å². The summed E-state index contributed by atoms with van der Waals surface area (Å²) >= 11 is 0. The Morgan fingerprint density at radius 2 is 1.50 bits per heavy atom. The van der Waals surface area contributed by atoms with Crippen LogP contribution in [0.15, 0.2) is 0 Å². The first-order valence-corrected chi connectivity index (χ1v) is 12.0. The highest BCUT2D eigenvalue weighted by Gasteiger charge is 2.44. The molecule has 162 valence electrons. The zero-order valence-corrected chi connectivity index (χ0v) is 19.0. The number of carbonyl (C=O) groups is 1. The summed E-state index contributed by atoms with van der Waals surface area (Å²) in [4.78, 5) is 17.2. The summed E-state index contributed by atoms with van der Waals surface area (Å²) in [5, 5.41) is 0. The van der Waals surface area contributed by atoms with E-state index in [0.717, 1.165) is 37.9 Å². The number of rotatable bonds is 4. The molecule has 1 amide bonds. The average Bonchev–Trinajstić information content (AvgIpc) is 2.68. The maximum absolute atomic E-state index is 12.6. The molecule has 28 heavy (non-hydrogen) atoms. The first kappa shape index (κ1) is 21.9. The van der Waals surface area contributed by atoms with Gasteiger partial charge in [-0.05, 0) is 77.7 Å². The number of ether oxygens (including phenoxy) is 1. The monoisotopic (exact) mass is 392 g/mol.